The third-order valence-electron chi connectivity index (χ3n) is 3.00. The van der Waals surface area contributed by atoms with Crippen molar-refractivity contribution in [2.24, 2.45) is 11.8 Å². The Morgan fingerprint density at radius 1 is 0.857 bits per heavy atom. The van der Waals surface area contributed by atoms with Gasteiger partial charge in [0.05, 0.1) is 0 Å². The van der Waals surface area contributed by atoms with Crippen molar-refractivity contribution in [3.63, 3.8) is 0 Å². The van der Waals surface area contributed by atoms with E-state index in [-0.39, 0.29) is 23.4 Å². The number of rotatable bonds is 0. The lowest BCUT2D eigenvalue weighted by Crippen LogP contribution is -2.16. The highest BCUT2D eigenvalue weighted by Crippen LogP contribution is 2.41. The Balaban J connectivity index is 2.25. The van der Waals surface area contributed by atoms with Gasteiger partial charge in [-0.1, -0.05) is 36.5 Å². The monoisotopic (exact) mass is 184 g/mol. The van der Waals surface area contributed by atoms with E-state index in [9.17, 15) is 9.59 Å². The van der Waals surface area contributed by atoms with Gasteiger partial charge < -0.3 is 0 Å². The van der Waals surface area contributed by atoms with Crippen molar-refractivity contribution in [3.8, 4) is 0 Å². The summed E-state index contributed by atoms with van der Waals surface area (Å²) >= 11 is 0. The Bertz CT molecular complexity index is 419. The van der Waals surface area contributed by atoms with Crippen LogP contribution in [0.4, 0.5) is 0 Å². The highest BCUT2D eigenvalue weighted by Gasteiger charge is 2.44. The molecule has 1 fully saturated rings. The Hall–Kier alpha value is -1.70. The molecule has 0 bridgehead atoms. The first-order valence-corrected chi connectivity index (χ1v) is 4.65. The molecule has 0 amide bonds. The third kappa shape index (κ3) is 0.757. The molecule has 0 saturated heterocycles. The van der Waals surface area contributed by atoms with Gasteiger partial charge in [-0.3, -0.25) is 9.59 Å². The summed E-state index contributed by atoms with van der Waals surface area (Å²) in [6.07, 6.45) is 11.3. The van der Waals surface area contributed by atoms with E-state index in [1.165, 1.54) is 0 Å². The highest BCUT2D eigenvalue weighted by molar-refractivity contribution is 6.52. The fourth-order valence-electron chi connectivity index (χ4n) is 2.35. The molecule has 0 unspecified atom stereocenters. The number of carbonyl (C=O) groups is 2. The van der Waals surface area contributed by atoms with Crippen LogP contribution in [0, 0.1) is 11.8 Å². The molecule has 0 N–H and O–H groups in total. The van der Waals surface area contributed by atoms with Gasteiger partial charge in [0.15, 0.2) is 0 Å². The molecule has 68 valence electrons. The van der Waals surface area contributed by atoms with Crippen LogP contribution in [0.15, 0.2) is 47.6 Å². The van der Waals surface area contributed by atoms with Crippen molar-refractivity contribution >= 4 is 11.6 Å². The number of Topliss-reactive ketones (excluding diaryl/α,β-unsaturated/α-hetero) is 2. The molecule has 0 atom stereocenters. The van der Waals surface area contributed by atoms with Crippen molar-refractivity contribution in [2.45, 2.75) is 0 Å². The summed E-state index contributed by atoms with van der Waals surface area (Å²) in [7, 11) is 0. The van der Waals surface area contributed by atoms with Gasteiger partial charge in [0.25, 0.3) is 0 Å². The zero-order valence-electron chi connectivity index (χ0n) is 7.44. The van der Waals surface area contributed by atoms with Crippen molar-refractivity contribution in [2.75, 3.05) is 0 Å². The second-order valence-electron chi connectivity index (χ2n) is 3.73. The summed E-state index contributed by atoms with van der Waals surface area (Å²) in [4.78, 5) is 23.1. The predicted molar refractivity (Wildman–Crippen MR) is 51.4 cm³/mol. The average Bonchev–Trinajstić information content (AvgIpc) is 2.47. The first-order valence-electron chi connectivity index (χ1n) is 4.65. The van der Waals surface area contributed by atoms with Crippen LogP contribution >= 0.6 is 0 Å². The molecule has 14 heavy (non-hydrogen) atoms. The van der Waals surface area contributed by atoms with E-state index < -0.39 is 0 Å². The molecule has 0 aromatic carbocycles. The summed E-state index contributed by atoms with van der Waals surface area (Å²) in [5.41, 5.74) is 1.33. The molecule has 3 rings (SSSR count). The van der Waals surface area contributed by atoms with E-state index in [1.807, 2.05) is 24.3 Å². The molecule has 0 aliphatic heterocycles. The van der Waals surface area contributed by atoms with Gasteiger partial charge >= 0.3 is 0 Å². The van der Waals surface area contributed by atoms with Crippen LogP contribution in [-0.4, -0.2) is 11.6 Å². The summed E-state index contributed by atoms with van der Waals surface area (Å²) in [5.74, 6) is -0.436. The van der Waals surface area contributed by atoms with Gasteiger partial charge in [-0.05, 0) is 0 Å². The van der Waals surface area contributed by atoms with Gasteiger partial charge in [-0.2, -0.15) is 0 Å². The largest absolute Gasteiger partial charge is 0.285 e. The van der Waals surface area contributed by atoms with Crippen LogP contribution in [-0.2, 0) is 9.59 Å². The molecule has 0 aromatic heterocycles. The van der Waals surface area contributed by atoms with Crippen LogP contribution < -0.4 is 0 Å². The van der Waals surface area contributed by atoms with Crippen LogP contribution in [0.1, 0.15) is 0 Å². The van der Waals surface area contributed by atoms with Gasteiger partial charge in [-0.25, -0.2) is 0 Å². The molecule has 1 saturated carbocycles. The Morgan fingerprint density at radius 2 is 1.36 bits per heavy atom. The molecule has 2 heteroatoms. The number of allylic oxidation sites excluding steroid dienone is 8. The fourth-order valence-corrected chi connectivity index (χ4v) is 2.35. The van der Waals surface area contributed by atoms with E-state index in [2.05, 4.69) is 0 Å². The maximum Gasteiger partial charge on any atom is 0.229 e. The first-order chi connectivity index (χ1) is 6.79. The standard InChI is InChI=1S/C12H8O2/c13-11-8-5-1-3-7-4-2-6-9(10(7)8)12(11)14/h1-7,10H. The minimum atomic E-state index is -0.320. The van der Waals surface area contributed by atoms with Gasteiger partial charge in [0.1, 0.15) is 0 Å². The van der Waals surface area contributed by atoms with Crippen LogP contribution in [0.3, 0.4) is 0 Å². The van der Waals surface area contributed by atoms with E-state index >= 15 is 0 Å². The van der Waals surface area contributed by atoms with E-state index in [0.717, 1.165) is 0 Å². The van der Waals surface area contributed by atoms with Gasteiger partial charge in [0.2, 0.25) is 11.6 Å². The Labute approximate surface area is 81.3 Å². The third-order valence-corrected chi connectivity index (χ3v) is 3.00. The highest BCUT2D eigenvalue weighted by atomic mass is 16.2. The lowest BCUT2D eigenvalue weighted by Gasteiger charge is -2.23. The molecule has 3 aliphatic carbocycles. The second kappa shape index (κ2) is 2.41. The molecule has 0 heterocycles. The smallest absolute Gasteiger partial charge is 0.229 e. The molecule has 0 radical (unpaired) electrons. The lowest BCUT2D eigenvalue weighted by molar-refractivity contribution is -0.130. The predicted octanol–water partition coefficient (Wildman–Crippen LogP) is 1.36. The summed E-state index contributed by atoms with van der Waals surface area (Å²) in [6, 6.07) is 0. The summed E-state index contributed by atoms with van der Waals surface area (Å²) in [5, 5.41) is 0. The van der Waals surface area contributed by atoms with Gasteiger partial charge in [0, 0.05) is 23.0 Å². The van der Waals surface area contributed by atoms with Gasteiger partial charge in [-0.15, -0.1) is 0 Å². The SMILES string of the molecule is O=C1C(=O)C2=CC=CC3C=CC=C1C23. The minimum Gasteiger partial charge on any atom is -0.285 e. The maximum absolute atomic E-state index is 11.6. The molecular formula is C12H8O2. The molecule has 2 nitrogen and oxygen atoms in total. The average molecular weight is 184 g/mol. The van der Waals surface area contributed by atoms with Crippen LogP contribution in [0.2, 0.25) is 0 Å². The molecule has 0 aromatic rings. The topological polar surface area (TPSA) is 34.1 Å². The van der Waals surface area contributed by atoms with E-state index in [1.54, 1.807) is 12.2 Å². The zero-order chi connectivity index (χ0) is 9.71. The molecule has 3 aliphatic rings. The first kappa shape index (κ1) is 7.68. The van der Waals surface area contributed by atoms with Crippen molar-refractivity contribution in [1.29, 1.82) is 0 Å². The normalized spacial score (nSPS) is 32.9. The number of carbonyl (C=O) groups excluding carboxylic acids is 2. The summed E-state index contributed by atoms with van der Waals surface area (Å²) < 4.78 is 0. The second-order valence-corrected chi connectivity index (χ2v) is 3.73. The minimum absolute atomic E-state index is 0.00463. The summed E-state index contributed by atoms with van der Waals surface area (Å²) in [6.45, 7) is 0. The van der Waals surface area contributed by atoms with Crippen LogP contribution in [0.25, 0.3) is 0 Å². The van der Waals surface area contributed by atoms with Crippen molar-refractivity contribution in [1.82, 2.24) is 0 Å². The quantitative estimate of drug-likeness (QED) is 0.533. The number of hydrogen-bond acceptors (Lipinski definition) is 2. The van der Waals surface area contributed by atoms with E-state index in [0.29, 0.717) is 11.1 Å². The lowest BCUT2D eigenvalue weighted by atomic mass is 9.79. The molecule has 0 spiro atoms. The molecular weight excluding hydrogens is 176 g/mol. The van der Waals surface area contributed by atoms with Crippen LogP contribution in [0.5, 0.6) is 0 Å². The number of ketones is 2. The Morgan fingerprint density at radius 3 is 1.86 bits per heavy atom. The maximum atomic E-state index is 11.6. The van der Waals surface area contributed by atoms with E-state index in [4.69, 9.17) is 0 Å². The van der Waals surface area contributed by atoms with Crippen molar-refractivity contribution in [3.05, 3.63) is 47.6 Å². The number of hydrogen-bond donors (Lipinski definition) is 0. The fraction of sp³-hybridized carbons (Fsp3) is 0.167. The van der Waals surface area contributed by atoms with Crippen molar-refractivity contribution < 1.29 is 9.59 Å². The Kier molecular flexibility index (Phi) is 1.32. The zero-order valence-corrected chi connectivity index (χ0v) is 7.44.